The highest BCUT2D eigenvalue weighted by Crippen LogP contribution is 2.29. The van der Waals surface area contributed by atoms with Gasteiger partial charge in [0.2, 0.25) is 0 Å². The summed E-state index contributed by atoms with van der Waals surface area (Å²) in [7, 11) is 1.55. The van der Waals surface area contributed by atoms with Crippen LogP contribution in [-0.2, 0) is 13.0 Å². The molecule has 0 radical (unpaired) electrons. The summed E-state index contributed by atoms with van der Waals surface area (Å²) in [6, 6.07) is 10.6. The molecule has 3 aromatic rings. The molecular weight excluding hydrogens is 459 g/mol. The molecule has 0 saturated carbocycles. The number of anilines is 1. The van der Waals surface area contributed by atoms with E-state index in [9.17, 15) is 4.79 Å². The van der Waals surface area contributed by atoms with Crippen molar-refractivity contribution in [3.63, 3.8) is 0 Å². The Kier molecular flexibility index (Phi) is 7.73. The van der Waals surface area contributed by atoms with Gasteiger partial charge in [-0.2, -0.15) is 5.10 Å². The molecule has 0 bridgehead atoms. The minimum absolute atomic E-state index is 0.300. The first kappa shape index (κ1) is 22.9. The zero-order valence-electron chi connectivity index (χ0n) is 16.8. The Balaban J connectivity index is 1.64. The first-order valence-corrected chi connectivity index (χ1v) is 10.8. The van der Waals surface area contributed by atoms with E-state index in [2.05, 4.69) is 15.5 Å². The smallest absolute Gasteiger partial charge is 0.283 e. The van der Waals surface area contributed by atoms with E-state index in [-0.39, 0.29) is 5.91 Å². The fourth-order valence-electron chi connectivity index (χ4n) is 2.68. The van der Waals surface area contributed by atoms with Crippen LogP contribution in [0.15, 0.2) is 41.5 Å². The number of nitrogens with two attached hydrogens (primary N) is 1. The minimum Gasteiger partial charge on any atom is -0.493 e. The highest BCUT2D eigenvalue weighted by atomic mass is 35.5. The molecule has 2 aromatic carbocycles. The summed E-state index contributed by atoms with van der Waals surface area (Å²) >= 11 is 13.1. The van der Waals surface area contributed by atoms with Crippen LogP contribution >= 0.6 is 34.5 Å². The molecule has 10 heteroatoms. The average molecular weight is 479 g/mol. The van der Waals surface area contributed by atoms with E-state index in [0.29, 0.717) is 50.3 Å². The van der Waals surface area contributed by atoms with Crippen LogP contribution in [0.5, 0.6) is 11.5 Å². The standard InChI is InChI=1S/C21H20Cl2N4O3S/c1-3-16-19(31-21(24)26-16)20(28)27-25-10-12-5-7-17(18(9-12)29-2)30-11-13-4-6-14(22)15(23)8-13/h4-10H,3,11H2,1-2H3,(H2,24,26)(H,27,28). The van der Waals surface area contributed by atoms with Gasteiger partial charge < -0.3 is 15.2 Å². The van der Waals surface area contributed by atoms with Gasteiger partial charge in [-0.3, -0.25) is 4.79 Å². The van der Waals surface area contributed by atoms with Crippen LogP contribution in [0.2, 0.25) is 10.0 Å². The van der Waals surface area contributed by atoms with Crippen LogP contribution in [-0.4, -0.2) is 24.2 Å². The van der Waals surface area contributed by atoms with E-state index in [1.165, 1.54) is 6.21 Å². The van der Waals surface area contributed by atoms with Gasteiger partial charge in [-0.05, 0) is 47.9 Å². The number of hydrazone groups is 1. The number of methoxy groups -OCH3 is 1. The minimum atomic E-state index is -0.351. The number of halogens is 2. The number of nitrogens with one attached hydrogen (secondary N) is 1. The molecule has 0 aliphatic heterocycles. The number of nitrogen functional groups attached to an aromatic ring is 1. The lowest BCUT2D eigenvalue weighted by atomic mass is 10.2. The van der Waals surface area contributed by atoms with Crippen molar-refractivity contribution in [2.75, 3.05) is 12.8 Å². The van der Waals surface area contributed by atoms with E-state index < -0.39 is 0 Å². The maximum absolute atomic E-state index is 12.3. The molecule has 0 saturated heterocycles. The van der Waals surface area contributed by atoms with E-state index in [1.54, 1.807) is 37.4 Å². The Morgan fingerprint density at radius 1 is 1.23 bits per heavy atom. The number of hydrogen-bond donors (Lipinski definition) is 2. The second kappa shape index (κ2) is 10.5. The van der Waals surface area contributed by atoms with Gasteiger partial charge in [-0.25, -0.2) is 10.4 Å². The highest BCUT2D eigenvalue weighted by molar-refractivity contribution is 7.17. The summed E-state index contributed by atoms with van der Waals surface area (Å²) in [5, 5.41) is 5.32. The predicted molar refractivity (Wildman–Crippen MR) is 125 cm³/mol. The molecule has 0 aliphatic rings. The Bertz CT molecular complexity index is 1120. The van der Waals surface area contributed by atoms with Crippen molar-refractivity contribution in [2.45, 2.75) is 20.0 Å². The average Bonchev–Trinajstić information content (AvgIpc) is 3.15. The Morgan fingerprint density at radius 3 is 2.74 bits per heavy atom. The topological polar surface area (TPSA) is 98.8 Å². The molecule has 3 rings (SSSR count). The van der Waals surface area contributed by atoms with E-state index in [1.807, 2.05) is 13.0 Å². The lowest BCUT2D eigenvalue weighted by Gasteiger charge is -2.11. The summed E-state index contributed by atoms with van der Waals surface area (Å²) < 4.78 is 11.2. The van der Waals surface area contributed by atoms with E-state index >= 15 is 0 Å². The molecule has 0 spiro atoms. The van der Waals surface area contributed by atoms with Gasteiger partial charge in [0.05, 0.1) is 29.1 Å². The SMILES string of the molecule is CCc1nc(N)sc1C(=O)NN=Cc1ccc(OCc2ccc(Cl)c(Cl)c2)c(OC)c1. The van der Waals surface area contributed by atoms with Crippen LogP contribution in [0.25, 0.3) is 0 Å². The van der Waals surface area contributed by atoms with Crippen LogP contribution in [0.4, 0.5) is 5.13 Å². The van der Waals surface area contributed by atoms with Gasteiger partial charge in [0, 0.05) is 0 Å². The number of carbonyl (C=O) groups excluding carboxylic acids is 1. The molecular formula is C21H20Cl2N4O3S. The zero-order chi connectivity index (χ0) is 22.4. The largest absolute Gasteiger partial charge is 0.493 e. The molecule has 3 N–H and O–H groups in total. The van der Waals surface area contributed by atoms with Gasteiger partial charge in [-0.1, -0.05) is 47.5 Å². The first-order chi connectivity index (χ1) is 14.9. The number of carbonyl (C=O) groups is 1. The number of amides is 1. The van der Waals surface area contributed by atoms with E-state index in [4.69, 9.17) is 38.4 Å². The summed E-state index contributed by atoms with van der Waals surface area (Å²) in [5.41, 5.74) is 10.4. The van der Waals surface area contributed by atoms with Crippen LogP contribution in [0.1, 0.15) is 33.4 Å². The van der Waals surface area contributed by atoms with Gasteiger partial charge in [0.1, 0.15) is 11.5 Å². The monoisotopic (exact) mass is 478 g/mol. The fraction of sp³-hybridized carbons (Fsp3) is 0.190. The third kappa shape index (κ3) is 5.88. The number of hydrogen-bond acceptors (Lipinski definition) is 7. The van der Waals surface area contributed by atoms with Gasteiger partial charge in [0.25, 0.3) is 5.91 Å². The quantitative estimate of drug-likeness (QED) is 0.352. The molecule has 31 heavy (non-hydrogen) atoms. The third-order valence-electron chi connectivity index (χ3n) is 4.20. The molecule has 1 aromatic heterocycles. The van der Waals surface area contributed by atoms with Crippen molar-refractivity contribution in [3.8, 4) is 11.5 Å². The van der Waals surface area contributed by atoms with Crippen molar-refractivity contribution in [2.24, 2.45) is 5.10 Å². The molecule has 0 fully saturated rings. The summed E-state index contributed by atoms with van der Waals surface area (Å²) in [6.07, 6.45) is 2.13. The molecule has 1 heterocycles. The number of benzene rings is 2. The first-order valence-electron chi connectivity index (χ1n) is 9.24. The van der Waals surface area contributed by atoms with Crippen molar-refractivity contribution >= 4 is 51.8 Å². The third-order valence-corrected chi connectivity index (χ3v) is 5.87. The molecule has 0 unspecified atom stereocenters. The Morgan fingerprint density at radius 2 is 2.03 bits per heavy atom. The van der Waals surface area contributed by atoms with Crippen LogP contribution in [0, 0.1) is 0 Å². The second-order valence-electron chi connectivity index (χ2n) is 6.33. The highest BCUT2D eigenvalue weighted by Gasteiger charge is 2.15. The van der Waals surface area contributed by atoms with Crippen molar-refractivity contribution in [3.05, 3.63) is 68.1 Å². The fourth-order valence-corrected chi connectivity index (χ4v) is 3.81. The van der Waals surface area contributed by atoms with E-state index in [0.717, 1.165) is 22.5 Å². The van der Waals surface area contributed by atoms with Crippen LogP contribution < -0.4 is 20.6 Å². The summed E-state index contributed by atoms with van der Waals surface area (Å²) in [5.74, 6) is 0.733. The summed E-state index contributed by atoms with van der Waals surface area (Å²) in [4.78, 5) is 16.9. The summed E-state index contributed by atoms with van der Waals surface area (Å²) in [6.45, 7) is 2.21. The molecule has 162 valence electrons. The Hall–Kier alpha value is -2.81. The lowest BCUT2D eigenvalue weighted by molar-refractivity contribution is 0.0958. The lowest BCUT2D eigenvalue weighted by Crippen LogP contribution is -2.17. The van der Waals surface area contributed by atoms with Gasteiger partial charge >= 0.3 is 0 Å². The van der Waals surface area contributed by atoms with Crippen LogP contribution in [0.3, 0.4) is 0 Å². The molecule has 7 nitrogen and oxygen atoms in total. The van der Waals surface area contributed by atoms with Crippen molar-refractivity contribution in [1.82, 2.24) is 10.4 Å². The number of ether oxygens (including phenoxy) is 2. The van der Waals surface area contributed by atoms with Crippen molar-refractivity contribution < 1.29 is 14.3 Å². The number of nitrogens with zero attached hydrogens (tertiary/aromatic N) is 2. The van der Waals surface area contributed by atoms with Crippen molar-refractivity contribution in [1.29, 1.82) is 0 Å². The number of thiazole rings is 1. The Labute approximate surface area is 193 Å². The van der Waals surface area contributed by atoms with Gasteiger partial charge in [-0.15, -0.1) is 0 Å². The number of aryl methyl sites for hydroxylation is 1. The van der Waals surface area contributed by atoms with Gasteiger partial charge in [0.15, 0.2) is 16.6 Å². The molecule has 1 amide bonds. The number of rotatable bonds is 8. The zero-order valence-corrected chi connectivity index (χ0v) is 19.1. The maximum Gasteiger partial charge on any atom is 0.283 e. The number of aromatic nitrogens is 1. The normalized spacial score (nSPS) is 11.0. The predicted octanol–water partition coefficient (Wildman–Crippen LogP) is 4.95. The second-order valence-corrected chi connectivity index (χ2v) is 8.17. The molecule has 0 atom stereocenters. The molecule has 0 aliphatic carbocycles. The maximum atomic E-state index is 12.3.